The fourth-order valence-corrected chi connectivity index (χ4v) is 2.33. The highest BCUT2D eigenvalue weighted by Gasteiger charge is 2.25. The van der Waals surface area contributed by atoms with E-state index in [1.807, 2.05) is 24.3 Å². The van der Waals surface area contributed by atoms with Crippen LogP contribution in [-0.4, -0.2) is 10.9 Å². The van der Waals surface area contributed by atoms with Crippen molar-refractivity contribution < 1.29 is 0 Å². The summed E-state index contributed by atoms with van der Waals surface area (Å²) in [5.41, 5.74) is 1.83. The Labute approximate surface area is 121 Å². The molecule has 0 aliphatic rings. The topological polar surface area (TPSA) is 24.9 Å². The molecular weight excluding hydrogens is 312 g/mol. The predicted octanol–water partition coefficient (Wildman–Crippen LogP) is 4.41. The van der Waals surface area contributed by atoms with Crippen LogP contribution in [-0.2, 0) is 5.54 Å². The maximum atomic E-state index is 6.15. The smallest absolute Gasteiger partial charge is 0.0732 e. The van der Waals surface area contributed by atoms with Crippen LogP contribution in [0.25, 0.3) is 0 Å². The molecule has 1 aromatic carbocycles. The first kappa shape index (κ1) is 13.4. The third-order valence-corrected chi connectivity index (χ3v) is 4.03. The van der Waals surface area contributed by atoms with E-state index in [4.69, 9.17) is 11.6 Å². The molecule has 0 aliphatic heterocycles. The van der Waals surface area contributed by atoms with E-state index >= 15 is 0 Å². The SMILES string of the molecule is CC(CCl)(Nc1ccncc1Br)c1ccccc1. The molecule has 0 bridgehead atoms. The van der Waals surface area contributed by atoms with Gasteiger partial charge in [0.15, 0.2) is 0 Å². The van der Waals surface area contributed by atoms with Crippen LogP contribution in [0.4, 0.5) is 5.69 Å². The van der Waals surface area contributed by atoms with Crippen molar-refractivity contribution in [3.05, 3.63) is 58.8 Å². The van der Waals surface area contributed by atoms with Crippen molar-refractivity contribution in [1.82, 2.24) is 4.98 Å². The van der Waals surface area contributed by atoms with Gasteiger partial charge in [-0.15, -0.1) is 11.6 Å². The molecule has 1 unspecified atom stereocenters. The van der Waals surface area contributed by atoms with Gasteiger partial charge >= 0.3 is 0 Å². The van der Waals surface area contributed by atoms with Crippen LogP contribution in [0.5, 0.6) is 0 Å². The number of nitrogens with zero attached hydrogens (tertiary/aromatic N) is 1. The molecular formula is C14H14BrClN2. The Bertz CT molecular complexity index is 518. The van der Waals surface area contributed by atoms with Crippen LogP contribution in [0.2, 0.25) is 0 Å². The van der Waals surface area contributed by atoms with Gasteiger partial charge in [0.1, 0.15) is 0 Å². The van der Waals surface area contributed by atoms with Gasteiger partial charge < -0.3 is 5.32 Å². The number of benzene rings is 1. The van der Waals surface area contributed by atoms with E-state index in [9.17, 15) is 0 Å². The maximum absolute atomic E-state index is 6.15. The summed E-state index contributed by atoms with van der Waals surface area (Å²) in [5.74, 6) is 0.478. The molecule has 4 heteroatoms. The third kappa shape index (κ3) is 2.85. The monoisotopic (exact) mass is 324 g/mol. The van der Waals surface area contributed by atoms with Gasteiger partial charge in [-0.2, -0.15) is 0 Å². The first-order valence-corrected chi connectivity index (χ1v) is 6.98. The van der Waals surface area contributed by atoms with Crippen molar-refractivity contribution in [2.75, 3.05) is 11.2 Å². The van der Waals surface area contributed by atoms with Gasteiger partial charge in [0.05, 0.1) is 15.7 Å². The highest BCUT2D eigenvalue weighted by Crippen LogP contribution is 2.30. The highest BCUT2D eigenvalue weighted by molar-refractivity contribution is 9.10. The van der Waals surface area contributed by atoms with Crippen molar-refractivity contribution in [1.29, 1.82) is 0 Å². The molecule has 0 radical (unpaired) electrons. The van der Waals surface area contributed by atoms with Crippen molar-refractivity contribution in [3.8, 4) is 0 Å². The number of anilines is 1. The van der Waals surface area contributed by atoms with E-state index in [-0.39, 0.29) is 5.54 Å². The van der Waals surface area contributed by atoms with Crippen molar-refractivity contribution in [2.45, 2.75) is 12.5 Å². The molecule has 18 heavy (non-hydrogen) atoms. The molecule has 2 rings (SSSR count). The van der Waals surface area contributed by atoms with E-state index in [2.05, 4.69) is 45.3 Å². The average molecular weight is 326 g/mol. The molecule has 1 N–H and O–H groups in total. The van der Waals surface area contributed by atoms with Crippen LogP contribution in [0.1, 0.15) is 12.5 Å². The second-order valence-corrected chi connectivity index (χ2v) is 5.43. The molecule has 0 fully saturated rings. The lowest BCUT2D eigenvalue weighted by molar-refractivity contribution is 0.616. The summed E-state index contributed by atoms with van der Waals surface area (Å²) in [7, 11) is 0. The highest BCUT2D eigenvalue weighted by atomic mass is 79.9. The molecule has 1 heterocycles. The van der Waals surface area contributed by atoms with Gasteiger partial charge in [0.2, 0.25) is 0 Å². The van der Waals surface area contributed by atoms with Gasteiger partial charge in [-0.25, -0.2) is 0 Å². The zero-order valence-electron chi connectivity index (χ0n) is 10.0. The normalized spacial score (nSPS) is 13.9. The van der Waals surface area contributed by atoms with Crippen molar-refractivity contribution >= 4 is 33.2 Å². The minimum Gasteiger partial charge on any atom is -0.374 e. The maximum Gasteiger partial charge on any atom is 0.0732 e. The average Bonchev–Trinajstić information content (AvgIpc) is 2.42. The molecule has 1 atom stereocenters. The molecule has 0 saturated carbocycles. The Morgan fingerprint density at radius 1 is 1.28 bits per heavy atom. The zero-order valence-corrected chi connectivity index (χ0v) is 12.4. The fourth-order valence-electron chi connectivity index (χ4n) is 1.76. The van der Waals surface area contributed by atoms with Crippen LogP contribution in [0.15, 0.2) is 53.3 Å². The number of hydrogen-bond donors (Lipinski definition) is 1. The molecule has 94 valence electrons. The second kappa shape index (κ2) is 5.72. The Hall–Kier alpha value is -1.06. The summed E-state index contributed by atoms with van der Waals surface area (Å²) < 4.78 is 0.928. The molecule has 0 spiro atoms. The quantitative estimate of drug-likeness (QED) is 0.842. The Balaban J connectivity index is 2.32. The van der Waals surface area contributed by atoms with Crippen LogP contribution in [0, 0.1) is 0 Å². The summed E-state index contributed by atoms with van der Waals surface area (Å²) in [6, 6.07) is 12.1. The predicted molar refractivity (Wildman–Crippen MR) is 80.1 cm³/mol. The summed E-state index contributed by atoms with van der Waals surface area (Å²) in [4.78, 5) is 4.05. The zero-order chi connectivity index (χ0) is 13.0. The molecule has 1 aromatic heterocycles. The molecule has 2 nitrogen and oxygen atoms in total. The van der Waals surface area contributed by atoms with Gasteiger partial charge in [-0.3, -0.25) is 4.98 Å². The van der Waals surface area contributed by atoms with Crippen molar-refractivity contribution in [3.63, 3.8) is 0 Å². The first-order chi connectivity index (χ1) is 8.65. The number of rotatable bonds is 4. The molecule has 0 aliphatic carbocycles. The van der Waals surface area contributed by atoms with Gasteiger partial charge in [0, 0.05) is 18.3 Å². The number of nitrogens with one attached hydrogen (secondary N) is 1. The number of pyridine rings is 1. The van der Waals surface area contributed by atoms with E-state index in [0.717, 1.165) is 15.7 Å². The van der Waals surface area contributed by atoms with E-state index in [0.29, 0.717) is 5.88 Å². The molecule has 2 aromatic rings. The standard InChI is InChI=1S/C14H14BrClN2/c1-14(10-16,11-5-3-2-4-6-11)18-13-7-8-17-9-12(13)15/h2-9H,10H2,1H3,(H,17,18). The van der Waals surface area contributed by atoms with Gasteiger partial charge in [0.25, 0.3) is 0 Å². The summed E-state index contributed by atoms with van der Waals surface area (Å²) in [5, 5.41) is 3.47. The first-order valence-electron chi connectivity index (χ1n) is 5.65. The summed E-state index contributed by atoms with van der Waals surface area (Å²) >= 11 is 9.63. The number of halogens is 2. The number of aromatic nitrogens is 1. The third-order valence-electron chi connectivity index (χ3n) is 2.86. The number of hydrogen-bond acceptors (Lipinski definition) is 2. The lowest BCUT2D eigenvalue weighted by Gasteiger charge is -2.30. The minimum atomic E-state index is -0.313. The van der Waals surface area contributed by atoms with E-state index < -0.39 is 0 Å². The largest absolute Gasteiger partial charge is 0.374 e. The Kier molecular flexibility index (Phi) is 4.25. The fraction of sp³-hybridized carbons (Fsp3) is 0.214. The lowest BCUT2D eigenvalue weighted by atomic mass is 9.94. The van der Waals surface area contributed by atoms with Crippen LogP contribution < -0.4 is 5.32 Å². The molecule has 0 saturated heterocycles. The van der Waals surface area contributed by atoms with Gasteiger partial charge in [-0.1, -0.05) is 30.3 Å². The summed E-state index contributed by atoms with van der Waals surface area (Å²) in [6.45, 7) is 2.09. The molecule has 0 amide bonds. The summed E-state index contributed by atoms with van der Waals surface area (Å²) in [6.07, 6.45) is 3.52. The lowest BCUT2D eigenvalue weighted by Crippen LogP contribution is -2.33. The van der Waals surface area contributed by atoms with E-state index in [1.165, 1.54) is 0 Å². The number of alkyl halides is 1. The van der Waals surface area contributed by atoms with E-state index in [1.54, 1.807) is 12.4 Å². The Morgan fingerprint density at radius 2 is 2.00 bits per heavy atom. The Morgan fingerprint density at radius 3 is 2.61 bits per heavy atom. The van der Waals surface area contributed by atoms with Crippen LogP contribution in [0.3, 0.4) is 0 Å². The van der Waals surface area contributed by atoms with Crippen molar-refractivity contribution in [2.24, 2.45) is 0 Å². The second-order valence-electron chi connectivity index (χ2n) is 4.31. The van der Waals surface area contributed by atoms with Crippen LogP contribution >= 0.6 is 27.5 Å². The van der Waals surface area contributed by atoms with Gasteiger partial charge in [-0.05, 0) is 34.5 Å². The minimum absolute atomic E-state index is 0.313.